The third-order valence-electron chi connectivity index (χ3n) is 4.68. The van der Waals surface area contributed by atoms with Crippen molar-refractivity contribution in [2.45, 2.75) is 38.6 Å². The SMILES string of the molecule is O=C(CCC1CCC1)N1CCN(Cc2cccs2)CC1. The van der Waals surface area contributed by atoms with E-state index < -0.39 is 0 Å². The van der Waals surface area contributed by atoms with Crippen molar-refractivity contribution in [3.8, 4) is 0 Å². The van der Waals surface area contributed by atoms with Crippen LogP contribution in [0.5, 0.6) is 0 Å². The zero-order chi connectivity index (χ0) is 13.8. The lowest BCUT2D eigenvalue weighted by molar-refractivity contribution is -0.133. The van der Waals surface area contributed by atoms with Gasteiger partial charge in [-0.25, -0.2) is 0 Å². The van der Waals surface area contributed by atoms with Crippen molar-refractivity contribution in [1.29, 1.82) is 0 Å². The van der Waals surface area contributed by atoms with Crippen LogP contribution in [0.15, 0.2) is 17.5 Å². The lowest BCUT2D eigenvalue weighted by atomic mass is 9.82. The van der Waals surface area contributed by atoms with E-state index in [0.29, 0.717) is 5.91 Å². The minimum Gasteiger partial charge on any atom is -0.340 e. The lowest BCUT2D eigenvalue weighted by Crippen LogP contribution is -2.48. The molecule has 1 aromatic rings. The Morgan fingerprint density at radius 1 is 1.25 bits per heavy atom. The lowest BCUT2D eigenvalue weighted by Gasteiger charge is -2.35. The van der Waals surface area contributed by atoms with Crippen molar-refractivity contribution in [3.63, 3.8) is 0 Å². The standard InChI is InChI=1S/C16H24N2OS/c19-16(7-6-14-3-1-4-14)18-10-8-17(9-11-18)13-15-5-2-12-20-15/h2,5,12,14H,1,3-4,6-11,13H2. The first-order valence-corrected chi connectivity index (χ1v) is 8.72. The average molecular weight is 292 g/mol. The Morgan fingerprint density at radius 2 is 2.05 bits per heavy atom. The summed E-state index contributed by atoms with van der Waals surface area (Å²) in [7, 11) is 0. The van der Waals surface area contributed by atoms with E-state index in [1.54, 1.807) is 0 Å². The fourth-order valence-electron chi connectivity index (χ4n) is 3.05. The smallest absolute Gasteiger partial charge is 0.222 e. The van der Waals surface area contributed by atoms with Crippen molar-refractivity contribution in [3.05, 3.63) is 22.4 Å². The molecule has 3 nitrogen and oxygen atoms in total. The highest BCUT2D eigenvalue weighted by atomic mass is 32.1. The van der Waals surface area contributed by atoms with Crippen LogP contribution in [0.1, 0.15) is 37.0 Å². The van der Waals surface area contributed by atoms with Crippen molar-refractivity contribution < 1.29 is 4.79 Å². The Kier molecular flexibility index (Phi) is 4.73. The maximum Gasteiger partial charge on any atom is 0.222 e. The molecule has 2 fully saturated rings. The van der Waals surface area contributed by atoms with E-state index in [0.717, 1.165) is 51.5 Å². The molecule has 2 heterocycles. The summed E-state index contributed by atoms with van der Waals surface area (Å²) in [6.07, 6.45) is 5.97. The molecule has 0 atom stereocenters. The number of carbonyl (C=O) groups excluding carboxylic acids is 1. The maximum absolute atomic E-state index is 12.2. The molecular weight excluding hydrogens is 268 g/mol. The van der Waals surface area contributed by atoms with Crippen molar-refractivity contribution in [2.24, 2.45) is 5.92 Å². The van der Waals surface area contributed by atoms with Crippen LogP contribution >= 0.6 is 11.3 Å². The van der Waals surface area contributed by atoms with Crippen LogP contribution in [0.2, 0.25) is 0 Å². The predicted octanol–water partition coefficient (Wildman–Crippen LogP) is 2.97. The van der Waals surface area contributed by atoms with Gasteiger partial charge in [-0.1, -0.05) is 25.3 Å². The fourth-order valence-corrected chi connectivity index (χ4v) is 3.79. The quantitative estimate of drug-likeness (QED) is 0.833. The molecule has 1 aliphatic carbocycles. The second kappa shape index (κ2) is 6.72. The summed E-state index contributed by atoms with van der Waals surface area (Å²) in [4.78, 5) is 18.1. The van der Waals surface area contributed by atoms with Gasteiger partial charge >= 0.3 is 0 Å². The Bertz CT molecular complexity index is 420. The molecule has 0 aromatic carbocycles. The third kappa shape index (κ3) is 3.61. The van der Waals surface area contributed by atoms with Gasteiger partial charge in [0.2, 0.25) is 5.91 Å². The van der Waals surface area contributed by atoms with Crippen molar-refractivity contribution in [1.82, 2.24) is 9.80 Å². The topological polar surface area (TPSA) is 23.6 Å². The van der Waals surface area contributed by atoms with Crippen LogP contribution in [-0.2, 0) is 11.3 Å². The van der Waals surface area contributed by atoms with Gasteiger partial charge in [-0.2, -0.15) is 0 Å². The third-order valence-corrected chi connectivity index (χ3v) is 5.54. The largest absolute Gasteiger partial charge is 0.340 e. The van der Waals surface area contributed by atoms with Crippen molar-refractivity contribution >= 4 is 17.2 Å². The normalized spacial score (nSPS) is 20.9. The highest BCUT2D eigenvalue weighted by Crippen LogP contribution is 2.30. The molecule has 0 N–H and O–H groups in total. The predicted molar refractivity (Wildman–Crippen MR) is 82.8 cm³/mol. The van der Waals surface area contributed by atoms with Gasteiger partial charge in [-0.15, -0.1) is 11.3 Å². The van der Waals surface area contributed by atoms with Crippen LogP contribution in [-0.4, -0.2) is 41.9 Å². The summed E-state index contributed by atoms with van der Waals surface area (Å²) in [6.45, 7) is 4.91. The second-order valence-corrected chi connectivity index (χ2v) is 7.10. The second-order valence-electron chi connectivity index (χ2n) is 6.07. The van der Waals surface area contributed by atoms with Crippen LogP contribution in [0.3, 0.4) is 0 Å². The minimum atomic E-state index is 0.382. The summed E-state index contributed by atoms with van der Waals surface area (Å²) in [6, 6.07) is 4.31. The summed E-state index contributed by atoms with van der Waals surface area (Å²) in [5.74, 6) is 1.23. The monoisotopic (exact) mass is 292 g/mol. The molecule has 110 valence electrons. The average Bonchev–Trinajstić information content (AvgIpc) is 2.90. The van der Waals surface area contributed by atoms with E-state index in [4.69, 9.17) is 0 Å². The molecule has 0 spiro atoms. The summed E-state index contributed by atoms with van der Waals surface area (Å²) in [5.41, 5.74) is 0. The summed E-state index contributed by atoms with van der Waals surface area (Å²) in [5, 5.41) is 2.13. The first-order chi connectivity index (χ1) is 9.81. The van der Waals surface area contributed by atoms with Gasteiger partial charge in [-0.05, 0) is 23.8 Å². The van der Waals surface area contributed by atoms with Gasteiger partial charge in [0.25, 0.3) is 0 Å². The van der Waals surface area contributed by atoms with Gasteiger partial charge in [0, 0.05) is 44.0 Å². The first-order valence-electron chi connectivity index (χ1n) is 7.84. The van der Waals surface area contributed by atoms with Crippen LogP contribution in [0.25, 0.3) is 0 Å². The summed E-state index contributed by atoms with van der Waals surface area (Å²) >= 11 is 1.82. The minimum absolute atomic E-state index is 0.382. The Hall–Kier alpha value is -0.870. The molecule has 1 aliphatic heterocycles. The number of thiophene rings is 1. The Balaban J connectivity index is 1.37. The van der Waals surface area contributed by atoms with E-state index in [2.05, 4.69) is 27.3 Å². The molecule has 0 radical (unpaired) electrons. The number of amides is 1. The van der Waals surface area contributed by atoms with E-state index in [-0.39, 0.29) is 0 Å². The van der Waals surface area contributed by atoms with E-state index in [1.807, 2.05) is 11.3 Å². The van der Waals surface area contributed by atoms with Gasteiger partial charge < -0.3 is 4.90 Å². The molecule has 1 amide bonds. The van der Waals surface area contributed by atoms with E-state index in [1.165, 1.54) is 24.1 Å². The molecule has 0 bridgehead atoms. The molecule has 1 aromatic heterocycles. The number of piperazine rings is 1. The molecule has 1 saturated heterocycles. The molecule has 4 heteroatoms. The number of rotatable bonds is 5. The summed E-state index contributed by atoms with van der Waals surface area (Å²) < 4.78 is 0. The number of carbonyl (C=O) groups is 1. The molecule has 20 heavy (non-hydrogen) atoms. The number of nitrogens with zero attached hydrogens (tertiary/aromatic N) is 2. The van der Waals surface area contributed by atoms with E-state index in [9.17, 15) is 4.79 Å². The highest BCUT2D eigenvalue weighted by molar-refractivity contribution is 7.09. The molecule has 1 saturated carbocycles. The van der Waals surface area contributed by atoms with Gasteiger partial charge in [-0.3, -0.25) is 9.69 Å². The van der Waals surface area contributed by atoms with Crippen molar-refractivity contribution in [2.75, 3.05) is 26.2 Å². The zero-order valence-corrected chi connectivity index (χ0v) is 12.9. The van der Waals surface area contributed by atoms with Crippen LogP contribution < -0.4 is 0 Å². The van der Waals surface area contributed by atoms with Gasteiger partial charge in [0.1, 0.15) is 0 Å². The molecular formula is C16H24N2OS. The van der Waals surface area contributed by atoms with Crippen LogP contribution in [0, 0.1) is 5.92 Å². The number of hydrogen-bond donors (Lipinski definition) is 0. The zero-order valence-electron chi connectivity index (χ0n) is 12.1. The number of hydrogen-bond acceptors (Lipinski definition) is 3. The molecule has 3 rings (SSSR count). The Morgan fingerprint density at radius 3 is 2.65 bits per heavy atom. The molecule has 0 unspecified atom stereocenters. The first kappa shape index (κ1) is 14.1. The molecule has 2 aliphatic rings. The fraction of sp³-hybridized carbons (Fsp3) is 0.688. The van der Waals surface area contributed by atoms with Gasteiger partial charge in [0.15, 0.2) is 0 Å². The highest BCUT2D eigenvalue weighted by Gasteiger charge is 2.23. The maximum atomic E-state index is 12.2. The Labute approximate surface area is 125 Å². The van der Waals surface area contributed by atoms with E-state index >= 15 is 0 Å². The van der Waals surface area contributed by atoms with Crippen LogP contribution in [0.4, 0.5) is 0 Å². The van der Waals surface area contributed by atoms with Gasteiger partial charge in [0.05, 0.1) is 0 Å².